The summed E-state index contributed by atoms with van der Waals surface area (Å²) in [5.74, 6) is 1.37. The van der Waals surface area contributed by atoms with Crippen molar-refractivity contribution in [3.8, 4) is 51.0 Å². The smallest absolute Gasteiger partial charge is 0.164 e. The van der Waals surface area contributed by atoms with Crippen LogP contribution < -0.4 is 0 Å². The highest BCUT2D eigenvalue weighted by atomic mass is 19.1. The molecule has 3 aromatic heterocycles. The molecule has 0 radical (unpaired) electrons. The van der Waals surface area contributed by atoms with Gasteiger partial charge in [-0.15, -0.1) is 0 Å². The second-order valence-electron chi connectivity index (χ2n) is 12.6. The highest BCUT2D eigenvalue weighted by Crippen LogP contribution is 2.43. The molecule has 0 aliphatic carbocycles. The minimum Gasteiger partial charge on any atom is -0.456 e. The van der Waals surface area contributed by atoms with Crippen LogP contribution in [0.5, 0.6) is 0 Å². The Kier molecular flexibility index (Phi) is 6.61. The van der Waals surface area contributed by atoms with Gasteiger partial charge >= 0.3 is 0 Å². The molecule has 0 aliphatic heterocycles. The first-order valence-electron chi connectivity index (χ1n) is 16.8. The lowest BCUT2D eigenvalue weighted by Gasteiger charge is -2.16. The lowest BCUT2D eigenvalue weighted by molar-refractivity contribution is 0.628. The molecule has 0 bridgehead atoms. The van der Waals surface area contributed by atoms with E-state index in [0.717, 1.165) is 77.2 Å². The highest BCUT2D eigenvalue weighted by Gasteiger charge is 2.22. The molecule has 0 fully saturated rings. The zero-order valence-electron chi connectivity index (χ0n) is 27.2. The number of rotatable bonds is 5. The average Bonchev–Trinajstić information content (AvgIpc) is 3.74. The largest absolute Gasteiger partial charge is 0.456 e. The third-order valence-electron chi connectivity index (χ3n) is 9.51. The molecule has 0 saturated carbocycles. The van der Waals surface area contributed by atoms with E-state index >= 15 is 4.39 Å². The normalized spacial score (nSPS) is 11.6. The highest BCUT2D eigenvalue weighted by molar-refractivity contribution is 6.24. The van der Waals surface area contributed by atoms with E-state index in [-0.39, 0.29) is 5.82 Å². The molecule has 0 spiro atoms. The van der Waals surface area contributed by atoms with Crippen molar-refractivity contribution in [1.29, 1.82) is 0 Å². The van der Waals surface area contributed by atoms with Crippen LogP contribution in [0, 0.1) is 5.82 Å². The van der Waals surface area contributed by atoms with Gasteiger partial charge in [-0.05, 0) is 60.2 Å². The summed E-state index contributed by atoms with van der Waals surface area (Å²) in [6.07, 6.45) is 0. The van der Waals surface area contributed by atoms with Crippen molar-refractivity contribution in [2.75, 3.05) is 0 Å². The zero-order chi connectivity index (χ0) is 33.9. The molecule has 0 saturated heterocycles. The number of aromatic nitrogens is 4. The van der Waals surface area contributed by atoms with E-state index in [1.807, 2.05) is 91.0 Å². The molecule has 3 heterocycles. The third-order valence-corrected chi connectivity index (χ3v) is 9.51. The van der Waals surface area contributed by atoms with Gasteiger partial charge in [-0.1, -0.05) is 109 Å². The fourth-order valence-electron chi connectivity index (χ4n) is 7.21. The number of nitrogens with zero attached hydrogens (tertiary/aromatic N) is 4. The predicted molar refractivity (Wildman–Crippen MR) is 203 cm³/mol. The molecular weight excluding hydrogens is 632 g/mol. The molecule has 0 amide bonds. The van der Waals surface area contributed by atoms with Crippen LogP contribution >= 0.6 is 0 Å². The fourth-order valence-corrected chi connectivity index (χ4v) is 7.21. The van der Waals surface area contributed by atoms with Gasteiger partial charge in [0.05, 0.1) is 22.1 Å². The SMILES string of the molecule is Fc1cccc(-c2cc(-c3nc(-c4ccccc4)nc(-c4ccccc4)n3)ccc2-n2c3ccccc3c3ccc4oc5ccccc5c4c32)c1. The standard InChI is InChI=1S/C45H27FN4O/c46-32-17-11-16-30(26-32)36-27-31(45-48-43(28-12-3-1-4-13-28)47-44(49-45)29-14-5-2-6-15-29)22-24-38(36)50-37-20-9-7-18-33(37)34-23-25-40-41(42(34)50)35-19-8-10-21-39(35)51-40/h1-27H. The quantitative estimate of drug-likeness (QED) is 0.185. The van der Waals surface area contributed by atoms with Crippen LogP contribution in [0.3, 0.4) is 0 Å². The summed E-state index contributed by atoms with van der Waals surface area (Å²) in [4.78, 5) is 14.9. The molecule has 0 aliphatic rings. The predicted octanol–water partition coefficient (Wildman–Crippen LogP) is 11.7. The van der Waals surface area contributed by atoms with Crippen LogP contribution in [-0.4, -0.2) is 19.5 Å². The van der Waals surface area contributed by atoms with Gasteiger partial charge in [0.2, 0.25) is 0 Å². The Balaban J connectivity index is 1.28. The van der Waals surface area contributed by atoms with Crippen molar-refractivity contribution >= 4 is 43.7 Å². The summed E-state index contributed by atoms with van der Waals surface area (Å²) in [6, 6.07) is 53.5. The molecule has 0 N–H and O–H groups in total. The second-order valence-corrected chi connectivity index (χ2v) is 12.6. The molecule has 0 atom stereocenters. The summed E-state index contributed by atoms with van der Waals surface area (Å²) in [5.41, 5.74) is 8.74. The van der Waals surface area contributed by atoms with Crippen molar-refractivity contribution < 1.29 is 8.81 Å². The van der Waals surface area contributed by atoms with Crippen LogP contribution in [0.2, 0.25) is 0 Å². The maximum atomic E-state index is 15.0. The molecule has 10 aromatic rings. The van der Waals surface area contributed by atoms with Gasteiger partial charge < -0.3 is 8.98 Å². The molecular formula is C45H27FN4O. The Labute approximate surface area is 291 Å². The summed E-state index contributed by atoms with van der Waals surface area (Å²) in [6.45, 7) is 0. The Morgan fingerprint density at radius 2 is 1.08 bits per heavy atom. The molecule has 6 heteroatoms. The van der Waals surface area contributed by atoms with E-state index in [0.29, 0.717) is 17.5 Å². The van der Waals surface area contributed by atoms with Gasteiger partial charge in [-0.3, -0.25) is 0 Å². The van der Waals surface area contributed by atoms with Crippen LogP contribution in [0.4, 0.5) is 4.39 Å². The topological polar surface area (TPSA) is 56.7 Å². The summed E-state index contributed by atoms with van der Waals surface area (Å²) >= 11 is 0. The number of benzene rings is 7. The van der Waals surface area contributed by atoms with Gasteiger partial charge in [-0.25, -0.2) is 19.3 Å². The third kappa shape index (κ3) is 4.80. The Bertz CT molecular complexity index is 2870. The number of hydrogen-bond acceptors (Lipinski definition) is 4. The van der Waals surface area contributed by atoms with Crippen LogP contribution in [-0.2, 0) is 0 Å². The van der Waals surface area contributed by atoms with Gasteiger partial charge in [0.15, 0.2) is 17.5 Å². The Morgan fingerprint density at radius 1 is 0.451 bits per heavy atom. The molecule has 10 rings (SSSR count). The molecule has 5 nitrogen and oxygen atoms in total. The zero-order valence-corrected chi connectivity index (χ0v) is 27.2. The Hall–Kier alpha value is -6.92. The maximum absolute atomic E-state index is 15.0. The van der Waals surface area contributed by atoms with E-state index in [9.17, 15) is 0 Å². The van der Waals surface area contributed by atoms with Crippen molar-refractivity contribution in [2.45, 2.75) is 0 Å². The number of halogens is 1. The first-order chi connectivity index (χ1) is 25.2. The molecule has 51 heavy (non-hydrogen) atoms. The van der Waals surface area contributed by atoms with E-state index in [1.165, 1.54) is 6.07 Å². The number of para-hydroxylation sites is 2. The van der Waals surface area contributed by atoms with E-state index < -0.39 is 0 Å². The minimum absolute atomic E-state index is 0.313. The van der Waals surface area contributed by atoms with Gasteiger partial charge in [-0.2, -0.15) is 0 Å². The minimum atomic E-state index is -0.313. The summed E-state index contributed by atoms with van der Waals surface area (Å²) < 4.78 is 23.7. The summed E-state index contributed by atoms with van der Waals surface area (Å²) in [7, 11) is 0. The van der Waals surface area contributed by atoms with Crippen molar-refractivity contribution in [2.24, 2.45) is 0 Å². The van der Waals surface area contributed by atoms with E-state index in [1.54, 1.807) is 12.1 Å². The van der Waals surface area contributed by atoms with Crippen molar-refractivity contribution in [3.05, 3.63) is 170 Å². The lowest BCUT2D eigenvalue weighted by Crippen LogP contribution is -2.02. The monoisotopic (exact) mass is 658 g/mol. The van der Waals surface area contributed by atoms with Crippen LogP contribution in [0.1, 0.15) is 0 Å². The van der Waals surface area contributed by atoms with Gasteiger partial charge in [0.25, 0.3) is 0 Å². The molecule has 7 aromatic carbocycles. The van der Waals surface area contributed by atoms with Gasteiger partial charge in [0.1, 0.15) is 17.0 Å². The number of fused-ring (bicyclic) bond motifs is 7. The van der Waals surface area contributed by atoms with Crippen LogP contribution in [0.25, 0.3) is 94.7 Å². The second kappa shape index (κ2) is 11.6. The average molecular weight is 659 g/mol. The van der Waals surface area contributed by atoms with E-state index in [4.69, 9.17) is 19.4 Å². The summed E-state index contributed by atoms with van der Waals surface area (Å²) in [5, 5.41) is 4.30. The number of hydrogen-bond donors (Lipinski definition) is 0. The van der Waals surface area contributed by atoms with Crippen molar-refractivity contribution in [1.82, 2.24) is 19.5 Å². The first kappa shape index (κ1) is 29.0. The van der Waals surface area contributed by atoms with Crippen molar-refractivity contribution in [3.63, 3.8) is 0 Å². The Morgan fingerprint density at radius 3 is 1.80 bits per heavy atom. The fraction of sp³-hybridized carbons (Fsp3) is 0. The number of furan rings is 1. The van der Waals surface area contributed by atoms with Crippen LogP contribution in [0.15, 0.2) is 168 Å². The van der Waals surface area contributed by atoms with E-state index in [2.05, 4.69) is 59.2 Å². The first-order valence-corrected chi connectivity index (χ1v) is 16.8. The molecule has 240 valence electrons. The maximum Gasteiger partial charge on any atom is 0.164 e. The lowest BCUT2D eigenvalue weighted by atomic mass is 9.99. The molecule has 0 unspecified atom stereocenters. The van der Waals surface area contributed by atoms with Gasteiger partial charge in [0, 0.05) is 38.4 Å².